The second-order valence-corrected chi connectivity index (χ2v) is 1.72. The minimum atomic E-state index is -0.235. The highest BCUT2D eigenvalue weighted by Crippen LogP contribution is 1.88. The molecule has 0 aliphatic heterocycles. The molecule has 0 fully saturated rings. The first-order valence-electron chi connectivity index (χ1n) is 2.20. The van der Waals surface area contributed by atoms with Gasteiger partial charge in [0.2, 0.25) is 6.79 Å². The first-order valence-corrected chi connectivity index (χ1v) is 3.08. The molecule has 0 aliphatic carbocycles. The number of hydrogen-bond acceptors (Lipinski definition) is 3. The lowest BCUT2D eigenvalue weighted by Crippen LogP contribution is -2.02. The van der Waals surface area contributed by atoms with Crippen molar-refractivity contribution in [2.45, 2.75) is 13.3 Å². The zero-order chi connectivity index (χ0) is 6.41. The van der Waals surface area contributed by atoms with Crippen LogP contribution >= 0.6 is 23.0 Å². The van der Waals surface area contributed by atoms with E-state index in [0.29, 0.717) is 6.42 Å². The van der Waals surface area contributed by atoms with Gasteiger partial charge in [-0.1, -0.05) is 6.92 Å². The van der Waals surface area contributed by atoms with Crippen molar-refractivity contribution in [1.29, 1.82) is 0 Å². The maximum atomic E-state index is 10.3. The van der Waals surface area contributed by atoms with Crippen LogP contribution in [0.4, 0.5) is 0 Å². The zero-order valence-corrected chi connectivity index (χ0v) is 6.67. The van der Waals surface area contributed by atoms with Crippen molar-refractivity contribution in [2.75, 3.05) is 6.79 Å². The molecule has 0 amide bonds. The predicted molar refractivity (Wildman–Crippen MR) is 36.4 cm³/mol. The lowest BCUT2D eigenvalue weighted by atomic mass is 10.5. The molecule has 0 aromatic rings. The summed E-state index contributed by atoms with van der Waals surface area (Å²) in [4.78, 5) is 10.3. The average molecular weight is 230 g/mol. The summed E-state index contributed by atoms with van der Waals surface area (Å²) in [6, 6.07) is 0. The molecule has 0 spiro atoms. The molecule has 0 aromatic heterocycles. The maximum Gasteiger partial charge on any atom is 0.307 e. The molecule has 0 rings (SSSR count). The third-order valence-electron chi connectivity index (χ3n) is 0.553. The van der Waals surface area contributed by atoms with E-state index in [1.807, 2.05) is 0 Å². The third kappa shape index (κ3) is 4.32. The van der Waals surface area contributed by atoms with Gasteiger partial charge in [-0.05, 0) is 0 Å². The summed E-state index contributed by atoms with van der Waals surface area (Å²) in [6.45, 7) is 1.78. The number of rotatable bonds is 3. The Hall–Kier alpha value is 0.160. The number of carbonyl (C=O) groups is 1. The quantitative estimate of drug-likeness (QED) is 0.416. The normalized spacial score (nSPS) is 8.75. The smallest absolute Gasteiger partial charge is 0.307 e. The molecule has 3 nitrogen and oxygen atoms in total. The van der Waals surface area contributed by atoms with Gasteiger partial charge in [-0.15, -0.1) is 0 Å². The fourth-order valence-corrected chi connectivity index (χ4v) is 0.317. The van der Waals surface area contributed by atoms with Gasteiger partial charge in [0.1, 0.15) is 23.0 Å². The Kier molecular flexibility index (Phi) is 5.41. The Balaban J connectivity index is 2.99. The molecule has 0 saturated heterocycles. The lowest BCUT2D eigenvalue weighted by molar-refractivity contribution is -0.148. The molecular weight excluding hydrogens is 223 g/mol. The van der Waals surface area contributed by atoms with E-state index in [1.54, 1.807) is 29.9 Å². The molecule has 4 heteroatoms. The van der Waals surface area contributed by atoms with Crippen molar-refractivity contribution >= 4 is 29.0 Å². The highest BCUT2D eigenvalue weighted by atomic mass is 127. The SMILES string of the molecule is CCC(=O)OCOI. The fourth-order valence-electron chi connectivity index (χ4n) is 0.190. The number of esters is 1. The molecule has 0 N–H and O–H groups in total. The van der Waals surface area contributed by atoms with Gasteiger partial charge in [-0.25, -0.2) is 0 Å². The van der Waals surface area contributed by atoms with E-state index in [9.17, 15) is 4.79 Å². The fraction of sp³-hybridized carbons (Fsp3) is 0.750. The van der Waals surface area contributed by atoms with Gasteiger partial charge in [-0.2, -0.15) is 0 Å². The monoisotopic (exact) mass is 230 g/mol. The minimum Gasteiger partial charge on any atom is -0.438 e. The number of halogens is 1. The van der Waals surface area contributed by atoms with Gasteiger partial charge < -0.3 is 4.74 Å². The van der Waals surface area contributed by atoms with Crippen molar-refractivity contribution in [2.24, 2.45) is 0 Å². The number of carbonyl (C=O) groups excluding carboxylic acids is 1. The molecule has 0 aliphatic rings. The highest BCUT2D eigenvalue weighted by Gasteiger charge is 1.94. The number of hydrogen-bond donors (Lipinski definition) is 0. The Morgan fingerprint density at radius 3 is 2.75 bits per heavy atom. The van der Waals surface area contributed by atoms with Crippen LogP contribution in [0.2, 0.25) is 0 Å². The molecule has 0 saturated carbocycles. The maximum absolute atomic E-state index is 10.3. The van der Waals surface area contributed by atoms with Gasteiger partial charge >= 0.3 is 5.97 Å². The largest absolute Gasteiger partial charge is 0.438 e. The molecule has 0 bridgehead atoms. The summed E-state index contributed by atoms with van der Waals surface area (Å²) >= 11 is 1.66. The van der Waals surface area contributed by atoms with E-state index < -0.39 is 0 Å². The second-order valence-electron chi connectivity index (χ2n) is 1.10. The highest BCUT2D eigenvalue weighted by molar-refractivity contribution is 14.1. The third-order valence-corrected chi connectivity index (χ3v) is 0.807. The summed E-state index contributed by atoms with van der Waals surface area (Å²) in [5.41, 5.74) is 0. The predicted octanol–water partition coefficient (Wildman–Crippen LogP) is 1.26. The first kappa shape index (κ1) is 8.16. The average Bonchev–Trinajstić information content (AvgIpc) is 1.83. The molecule has 0 unspecified atom stereocenters. The number of ether oxygens (including phenoxy) is 1. The second kappa shape index (κ2) is 5.30. The zero-order valence-electron chi connectivity index (χ0n) is 4.52. The molecule has 0 heterocycles. The van der Waals surface area contributed by atoms with Crippen LogP contribution in [0, 0.1) is 0 Å². The van der Waals surface area contributed by atoms with Crippen LogP contribution in [0.25, 0.3) is 0 Å². The molecule has 0 radical (unpaired) electrons. The van der Waals surface area contributed by atoms with Crippen molar-refractivity contribution < 1.29 is 12.6 Å². The van der Waals surface area contributed by atoms with Crippen molar-refractivity contribution in [1.82, 2.24) is 0 Å². The van der Waals surface area contributed by atoms with E-state index in [0.717, 1.165) is 0 Å². The van der Waals surface area contributed by atoms with E-state index >= 15 is 0 Å². The van der Waals surface area contributed by atoms with Crippen LogP contribution in [0.1, 0.15) is 13.3 Å². The Morgan fingerprint density at radius 1 is 1.75 bits per heavy atom. The summed E-state index contributed by atoms with van der Waals surface area (Å²) in [6.07, 6.45) is 0.403. The van der Waals surface area contributed by atoms with Crippen LogP contribution < -0.4 is 0 Å². The topological polar surface area (TPSA) is 35.5 Å². The Morgan fingerprint density at radius 2 is 2.38 bits per heavy atom. The van der Waals surface area contributed by atoms with Crippen LogP contribution in [0.15, 0.2) is 0 Å². The standard InChI is InChI=1S/C4H7IO3/c1-2-4(6)7-3-8-5/h2-3H2,1H3. The van der Waals surface area contributed by atoms with Crippen LogP contribution in [0.5, 0.6) is 0 Å². The van der Waals surface area contributed by atoms with Crippen molar-refractivity contribution in [3.05, 3.63) is 0 Å². The minimum absolute atomic E-state index is 0.0488. The Bertz CT molecular complexity index is 73.7. The van der Waals surface area contributed by atoms with Gasteiger partial charge in [0, 0.05) is 6.42 Å². The molecule has 8 heavy (non-hydrogen) atoms. The molecule has 0 aromatic carbocycles. The van der Waals surface area contributed by atoms with Gasteiger partial charge in [0.15, 0.2) is 0 Å². The van der Waals surface area contributed by atoms with E-state index in [4.69, 9.17) is 0 Å². The molecule has 48 valence electrons. The van der Waals surface area contributed by atoms with Crippen molar-refractivity contribution in [3.8, 4) is 0 Å². The molecule has 0 atom stereocenters. The van der Waals surface area contributed by atoms with E-state index in [-0.39, 0.29) is 12.8 Å². The van der Waals surface area contributed by atoms with Gasteiger partial charge in [-0.3, -0.25) is 7.86 Å². The Labute approximate surface area is 62.0 Å². The summed E-state index contributed by atoms with van der Waals surface area (Å²) in [7, 11) is 0. The first-order chi connectivity index (χ1) is 3.81. The van der Waals surface area contributed by atoms with Gasteiger partial charge in [0.05, 0.1) is 0 Å². The van der Waals surface area contributed by atoms with E-state index in [2.05, 4.69) is 7.80 Å². The lowest BCUT2D eigenvalue weighted by Gasteiger charge is -1.96. The molecular formula is C4H7IO3. The summed E-state index contributed by atoms with van der Waals surface area (Å²) < 4.78 is 8.91. The van der Waals surface area contributed by atoms with Crippen LogP contribution in [-0.2, 0) is 12.6 Å². The van der Waals surface area contributed by atoms with Crippen molar-refractivity contribution in [3.63, 3.8) is 0 Å². The van der Waals surface area contributed by atoms with Crippen LogP contribution in [-0.4, -0.2) is 12.8 Å². The summed E-state index contributed by atoms with van der Waals surface area (Å²) in [5, 5.41) is 0. The van der Waals surface area contributed by atoms with Crippen LogP contribution in [0.3, 0.4) is 0 Å². The van der Waals surface area contributed by atoms with E-state index in [1.165, 1.54) is 0 Å². The summed E-state index contributed by atoms with van der Waals surface area (Å²) in [5.74, 6) is -0.235. The van der Waals surface area contributed by atoms with Gasteiger partial charge in [0.25, 0.3) is 0 Å².